The molecule has 5 unspecified atom stereocenters. The first-order chi connectivity index (χ1) is 16.3. The molecule has 1 N–H and O–H groups in total. The van der Waals surface area contributed by atoms with Gasteiger partial charge in [0.1, 0.15) is 0 Å². The molecule has 7 nitrogen and oxygen atoms in total. The number of hydrogen-bond acceptors (Lipinski definition) is 6. The largest absolute Gasteiger partial charge is 0.378 e. The summed E-state index contributed by atoms with van der Waals surface area (Å²) in [4.78, 5) is 22.7. The Morgan fingerprint density at radius 2 is 1.76 bits per heavy atom. The number of alkyl halides is 1. The summed E-state index contributed by atoms with van der Waals surface area (Å²) in [5.74, 6) is -0.0445. The van der Waals surface area contributed by atoms with Crippen molar-refractivity contribution in [1.82, 2.24) is 0 Å². The number of nitrogens with zero attached hydrogens (tertiary/aromatic N) is 2. The van der Waals surface area contributed by atoms with Crippen LogP contribution in [0.3, 0.4) is 0 Å². The smallest absolute Gasteiger partial charge is 0.282 e. The van der Waals surface area contributed by atoms with Crippen molar-refractivity contribution in [2.45, 2.75) is 33.9 Å². The molecule has 174 valence electrons. The van der Waals surface area contributed by atoms with Crippen molar-refractivity contribution < 1.29 is 9.85 Å². The molecule has 10 heteroatoms. The number of fused-ring (bicyclic) bond motifs is 3. The third kappa shape index (κ3) is 4.10. The quantitative estimate of drug-likeness (QED) is 0.219. The van der Waals surface area contributed by atoms with Crippen molar-refractivity contribution in [3.8, 4) is 0 Å². The minimum Gasteiger partial charge on any atom is -0.378 e. The first kappa shape index (κ1) is 23.0. The Morgan fingerprint density at radius 1 is 0.971 bits per heavy atom. The van der Waals surface area contributed by atoms with Crippen molar-refractivity contribution in [2.75, 3.05) is 5.32 Å². The first-order valence-corrected chi connectivity index (χ1v) is 12.4. The lowest BCUT2D eigenvalue weighted by molar-refractivity contribution is -0.387. The summed E-state index contributed by atoms with van der Waals surface area (Å²) >= 11 is 14.8. The highest BCUT2D eigenvalue weighted by Crippen LogP contribution is 2.58. The van der Waals surface area contributed by atoms with Gasteiger partial charge in [-0.2, -0.15) is 0 Å². The lowest BCUT2D eigenvalue weighted by Crippen LogP contribution is -2.31. The van der Waals surface area contributed by atoms with Crippen molar-refractivity contribution >= 4 is 52.0 Å². The highest BCUT2D eigenvalue weighted by Gasteiger charge is 2.50. The fourth-order valence-electron chi connectivity index (χ4n) is 5.12. The van der Waals surface area contributed by atoms with E-state index in [1.54, 1.807) is 36.4 Å². The van der Waals surface area contributed by atoms with Gasteiger partial charge in [-0.15, -0.1) is 23.4 Å². The molecule has 3 aromatic rings. The van der Waals surface area contributed by atoms with Crippen LogP contribution >= 0.6 is 35.0 Å². The zero-order valence-electron chi connectivity index (χ0n) is 17.6. The van der Waals surface area contributed by atoms with Gasteiger partial charge in [-0.3, -0.25) is 20.2 Å². The van der Waals surface area contributed by atoms with E-state index < -0.39 is 4.92 Å². The third-order valence-corrected chi connectivity index (χ3v) is 8.90. The molecule has 0 radical (unpaired) electrons. The molecule has 0 spiro atoms. The predicted octanol–water partition coefficient (Wildman–Crippen LogP) is 7.20. The number of halogens is 2. The minimum absolute atomic E-state index is 0.0238. The van der Waals surface area contributed by atoms with E-state index in [0.717, 1.165) is 16.8 Å². The fourth-order valence-corrected chi connectivity index (χ4v) is 7.24. The van der Waals surface area contributed by atoms with Crippen LogP contribution < -0.4 is 5.32 Å². The lowest BCUT2D eigenvalue weighted by Gasteiger charge is -2.38. The van der Waals surface area contributed by atoms with E-state index in [1.165, 1.54) is 23.9 Å². The van der Waals surface area contributed by atoms with Crippen LogP contribution in [0.4, 0.5) is 17.1 Å². The van der Waals surface area contributed by atoms with Crippen molar-refractivity contribution in [1.29, 1.82) is 0 Å². The van der Waals surface area contributed by atoms with E-state index in [1.807, 2.05) is 18.2 Å². The van der Waals surface area contributed by atoms with Crippen LogP contribution in [0.2, 0.25) is 5.02 Å². The average molecular weight is 516 g/mol. The zero-order valence-corrected chi connectivity index (χ0v) is 20.0. The van der Waals surface area contributed by atoms with Crippen LogP contribution in [0.25, 0.3) is 0 Å². The zero-order chi connectivity index (χ0) is 24.0. The molecule has 1 saturated carbocycles. The SMILES string of the molecule is O=[N+]([O-])c1cccc(C2Nc3ccc(Cl)cc3C3C(Cl)C(Sc4ccccc4[N+](=O)[O-])CC23)c1. The molecule has 3 aromatic carbocycles. The molecule has 1 fully saturated rings. The summed E-state index contributed by atoms with van der Waals surface area (Å²) < 4.78 is 0. The number of para-hydroxylation sites is 1. The van der Waals surface area contributed by atoms with Crippen LogP contribution in [-0.2, 0) is 0 Å². The van der Waals surface area contributed by atoms with Gasteiger partial charge in [-0.1, -0.05) is 35.9 Å². The summed E-state index contributed by atoms with van der Waals surface area (Å²) in [7, 11) is 0. The molecule has 5 atom stereocenters. The number of benzene rings is 3. The molecule has 1 aliphatic heterocycles. The molecule has 34 heavy (non-hydrogen) atoms. The second-order valence-electron chi connectivity index (χ2n) is 8.46. The minimum atomic E-state index is -0.399. The molecule has 0 bridgehead atoms. The first-order valence-electron chi connectivity index (χ1n) is 10.7. The van der Waals surface area contributed by atoms with Crippen molar-refractivity contribution in [3.05, 3.63) is 103 Å². The molecule has 1 heterocycles. The Kier molecular flexibility index (Phi) is 6.14. The molecule has 0 saturated heterocycles. The summed E-state index contributed by atoms with van der Waals surface area (Å²) in [6.45, 7) is 0. The van der Waals surface area contributed by atoms with E-state index in [9.17, 15) is 20.2 Å². The molecule has 2 aliphatic rings. The monoisotopic (exact) mass is 515 g/mol. The van der Waals surface area contributed by atoms with Crippen LogP contribution in [-0.4, -0.2) is 20.5 Å². The summed E-state index contributed by atoms with van der Waals surface area (Å²) in [5.41, 5.74) is 2.80. The third-order valence-electron chi connectivity index (χ3n) is 6.56. The van der Waals surface area contributed by atoms with Gasteiger partial charge in [0, 0.05) is 40.1 Å². The maximum atomic E-state index is 11.5. The summed E-state index contributed by atoms with van der Waals surface area (Å²) in [5, 5.41) is 26.7. The van der Waals surface area contributed by atoms with Crippen molar-refractivity contribution in [2.24, 2.45) is 5.92 Å². The van der Waals surface area contributed by atoms with Crippen LogP contribution in [0.1, 0.15) is 29.5 Å². The number of nitro benzene ring substituents is 2. The molecule has 5 rings (SSSR count). The van der Waals surface area contributed by atoms with Crippen molar-refractivity contribution in [3.63, 3.8) is 0 Å². The highest BCUT2D eigenvalue weighted by molar-refractivity contribution is 8.00. The van der Waals surface area contributed by atoms with Gasteiger partial charge in [0.25, 0.3) is 11.4 Å². The highest BCUT2D eigenvalue weighted by atomic mass is 35.5. The van der Waals surface area contributed by atoms with Gasteiger partial charge in [-0.05, 0) is 47.7 Å². The number of nitrogens with one attached hydrogen (secondary N) is 1. The number of anilines is 1. The molecular formula is C24H19Cl2N3O4S. The second-order valence-corrected chi connectivity index (χ2v) is 10.7. The maximum Gasteiger partial charge on any atom is 0.282 e. The van der Waals surface area contributed by atoms with Gasteiger partial charge in [0.05, 0.1) is 26.2 Å². The van der Waals surface area contributed by atoms with E-state index in [4.69, 9.17) is 23.2 Å². The number of thioether (sulfide) groups is 1. The Labute approximate surface area is 209 Å². The van der Waals surface area contributed by atoms with Gasteiger partial charge in [0.2, 0.25) is 0 Å². The summed E-state index contributed by atoms with van der Waals surface area (Å²) in [6, 6.07) is 18.7. The maximum absolute atomic E-state index is 11.5. The normalized spacial score (nSPS) is 25.2. The number of hydrogen-bond donors (Lipinski definition) is 1. The average Bonchev–Trinajstić information content (AvgIpc) is 3.15. The van der Waals surface area contributed by atoms with E-state index >= 15 is 0 Å². The molecule has 0 aromatic heterocycles. The van der Waals surface area contributed by atoms with Gasteiger partial charge in [-0.25, -0.2) is 0 Å². The van der Waals surface area contributed by atoms with E-state index in [-0.39, 0.29) is 44.8 Å². The molecular weight excluding hydrogens is 497 g/mol. The van der Waals surface area contributed by atoms with Gasteiger partial charge in [0.15, 0.2) is 0 Å². The van der Waals surface area contributed by atoms with Crippen LogP contribution in [0.5, 0.6) is 0 Å². The number of nitro groups is 2. The van der Waals surface area contributed by atoms with Gasteiger partial charge >= 0.3 is 0 Å². The Bertz CT molecular complexity index is 1290. The second kappa shape index (κ2) is 9.09. The Morgan fingerprint density at radius 3 is 2.53 bits per heavy atom. The number of rotatable bonds is 5. The topological polar surface area (TPSA) is 98.3 Å². The molecule has 1 aliphatic carbocycles. The Balaban J connectivity index is 1.55. The van der Waals surface area contributed by atoms with Gasteiger partial charge < -0.3 is 5.32 Å². The lowest BCUT2D eigenvalue weighted by atomic mass is 9.77. The van der Waals surface area contributed by atoms with E-state index in [2.05, 4.69) is 5.32 Å². The van der Waals surface area contributed by atoms with E-state index in [0.29, 0.717) is 16.3 Å². The number of non-ortho nitro benzene ring substituents is 1. The predicted molar refractivity (Wildman–Crippen MR) is 134 cm³/mol. The molecule has 0 amide bonds. The fraction of sp³-hybridized carbons (Fsp3) is 0.250. The summed E-state index contributed by atoms with van der Waals surface area (Å²) in [6.07, 6.45) is 0.682. The standard InChI is InChI=1S/C24H19Cl2N3O4S/c25-14-8-9-18-16(11-14)22-17(24(27-18)13-4-3-5-15(10-13)28(30)31)12-21(23(22)26)34-20-7-2-1-6-19(20)29(32)33/h1-11,17,21-24,27H,12H2. The van der Waals surface area contributed by atoms with Crippen LogP contribution in [0.15, 0.2) is 71.6 Å². The van der Waals surface area contributed by atoms with Crippen LogP contribution in [0, 0.1) is 26.1 Å². The Hall–Kier alpha value is -2.81.